The first-order valence-electron chi connectivity index (χ1n) is 6.65. The highest BCUT2D eigenvalue weighted by Crippen LogP contribution is 2.34. The predicted octanol–water partition coefficient (Wildman–Crippen LogP) is 0.440. The Bertz CT molecular complexity index is 552. The summed E-state index contributed by atoms with van der Waals surface area (Å²) in [6.07, 6.45) is 1.07. The average molecular weight is 262 g/mol. The van der Waals surface area contributed by atoms with Gasteiger partial charge in [0.15, 0.2) is 0 Å². The van der Waals surface area contributed by atoms with Gasteiger partial charge in [0.05, 0.1) is 0 Å². The van der Waals surface area contributed by atoms with Gasteiger partial charge < -0.3 is 14.2 Å². The zero-order valence-electron chi connectivity index (χ0n) is 11.0. The second kappa shape index (κ2) is 4.81. The second-order valence-electron chi connectivity index (χ2n) is 5.43. The summed E-state index contributed by atoms with van der Waals surface area (Å²) in [5.74, 6) is 0.707. The Morgan fingerprint density at radius 1 is 1.37 bits per heavy atom. The molecule has 5 heteroatoms. The topological polar surface area (TPSA) is 51.5 Å². The van der Waals surface area contributed by atoms with Gasteiger partial charge in [0.1, 0.15) is 6.61 Å². The number of hydrogen-bond acceptors (Lipinski definition) is 3. The second-order valence-corrected chi connectivity index (χ2v) is 5.43. The lowest BCUT2D eigenvalue weighted by molar-refractivity contribution is -0.137. The van der Waals surface area contributed by atoms with Crippen LogP contribution in [0.1, 0.15) is 18.0 Å². The molecule has 0 spiro atoms. The van der Waals surface area contributed by atoms with E-state index in [1.165, 1.54) is 7.11 Å². The third-order valence-corrected chi connectivity index (χ3v) is 4.10. The highest BCUT2D eigenvalue weighted by atomic mass is 16.5. The number of hydrogen-bond donors (Lipinski definition) is 0. The number of ether oxygens (including phenoxy) is 1. The normalized spacial score (nSPS) is 25.0. The van der Waals surface area contributed by atoms with E-state index < -0.39 is 0 Å². The van der Waals surface area contributed by atoms with Crippen LogP contribution < -0.4 is 5.56 Å². The molecule has 19 heavy (non-hydrogen) atoms. The van der Waals surface area contributed by atoms with Crippen molar-refractivity contribution in [2.24, 2.45) is 5.92 Å². The van der Waals surface area contributed by atoms with Gasteiger partial charge in [-0.05, 0) is 18.4 Å². The molecular formula is C14H18N2O3. The molecule has 1 fully saturated rings. The van der Waals surface area contributed by atoms with Crippen LogP contribution in [0.4, 0.5) is 0 Å². The molecule has 2 aliphatic rings. The predicted molar refractivity (Wildman–Crippen MR) is 70.0 cm³/mol. The van der Waals surface area contributed by atoms with Crippen molar-refractivity contribution in [3.05, 3.63) is 34.2 Å². The van der Waals surface area contributed by atoms with Crippen molar-refractivity contribution in [2.45, 2.75) is 18.9 Å². The van der Waals surface area contributed by atoms with E-state index in [0.717, 1.165) is 25.2 Å². The molecule has 2 atom stereocenters. The Morgan fingerprint density at radius 2 is 2.21 bits per heavy atom. The molecule has 3 heterocycles. The minimum absolute atomic E-state index is 0.0453. The number of aromatic nitrogens is 1. The van der Waals surface area contributed by atoms with Crippen molar-refractivity contribution >= 4 is 5.91 Å². The molecule has 102 valence electrons. The van der Waals surface area contributed by atoms with Gasteiger partial charge in [0, 0.05) is 44.4 Å². The van der Waals surface area contributed by atoms with E-state index in [0.29, 0.717) is 12.5 Å². The quantitative estimate of drug-likeness (QED) is 0.777. The van der Waals surface area contributed by atoms with E-state index in [9.17, 15) is 9.59 Å². The molecule has 0 saturated carbocycles. The highest BCUT2D eigenvalue weighted by molar-refractivity contribution is 5.77. The lowest BCUT2D eigenvalue weighted by Crippen LogP contribution is -2.49. The third kappa shape index (κ3) is 2.18. The van der Waals surface area contributed by atoms with Gasteiger partial charge in [0.25, 0.3) is 5.56 Å². The van der Waals surface area contributed by atoms with Crippen LogP contribution in [-0.4, -0.2) is 42.2 Å². The summed E-state index contributed by atoms with van der Waals surface area (Å²) in [6, 6.07) is 5.43. The SMILES string of the molecule is COCC(=O)N1C[C@H]2C[C@@H](C1)c1cccc(=O)n1C2. The van der Waals surface area contributed by atoms with Crippen LogP contribution in [0.25, 0.3) is 0 Å². The highest BCUT2D eigenvalue weighted by Gasteiger charge is 2.35. The first kappa shape index (κ1) is 12.4. The van der Waals surface area contributed by atoms with Crippen LogP contribution in [0.2, 0.25) is 0 Å². The first-order valence-corrected chi connectivity index (χ1v) is 6.65. The minimum Gasteiger partial charge on any atom is -0.375 e. The van der Waals surface area contributed by atoms with Crippen molar-refractivity contribution < 1.29 is 9.53 Å². The van der Waals surface area contributed by atoms with Crippen molar-refractivity contribution in [1.29, 1.82) is 0 Å². The van der Waals surface area contributed by atoms with Gasteiger partial charge in [-0.1, -0.05) is 6.07 Å². The standard InChI is InChI=1S/C14H18N2O3/c1-19-9-14(18)15-6-10-5-11(8-15)12-3-2-4-13(17)16(12)7-10/h2-4,10-11H,5-9H2,1H3/t10-,11+/m1/s1. The van der Waals surface area contributed by atoms with Crippen LogP contribution in [-0.2, 0) is 16.1 Å². The van der Waals surface area contributed by atoms with Crippen molar-refractivity contribution in [3.8, 4) is 0 Å². The Kier molecular flexibility index (Phi) is 3.14. The maximum Gasteiger partial charge on any atom is 0.250 e. The molecule has 1 aromatic heterocycles. The fraction of sp³-hybridized carbons (Fsp3) is 0.571. The Balaban J connectivity index is 1.88. The Labute approximate surface area is 111 Å². The van der Waals surface area contributed by atoms with Gasteiger partial charge in [-0.3, -0.25) is 9.59 Å². The smallest absolute Gasteiger partial charge is 0.250 e. The van der Waals surface area contributed by atoms with E-state index in [-0.39, 0.29) is 24.0 Å². The zero-order valence-corrected chi connectivity index (χ0v) is 11.0. The van der Waals surface area contributed by atoms with Crippen LogP contribution >= 0.6 is 0 Å². The van der Waals surface area contributed by atoms with Gasteiger partial charge in [-0.2, -0.15) is 0 Å². The zero-order chi connectivity index (χ0) is 13.4. The molecule has 2 bridgehead atoms. The van der Waals surface area contributed by atoms with Gasteiger partial charge in [-0.25, -0.2) is 0 Å². The molecule has 5 nitrogen and oxygen atoms in total. The van der Waals surface area contributed by atoms with Crippen molar-refractivity contribution in [1.82, 2.24) is 9.47 Å². The average Bonchev–Trinajstić information content (AvgIpc) is 2.40. The monoisotopic (exact) mass is 262 g/mol. The molecule has 1 aromatic rings. The summed E-state index contributed by atoms with van der Waals surface area (Å²) in [6.45, 7) is 2.30. The molecule has 1 amide bonds. The fourth-order valence-corrected chi connectivity index (χ4v) is 3.31. The van der Waals surface area contributed by atoms with Crippen LogP contribution in [0.3, 0.4) is 0 Å². The van der Waals surface area contributed by atoms with Crippen molar-refractivity contribution in [2.75, 3.05) is 26.8 Å². The molecule has 0 radical (unpaired) electrons. The van der Waals surface area contributed by atoms with Gasteiger partial charge in [0.2, 0.25) is 5.91 Å². The summed E-state index contributed by atoms with van der Waals surface area (Å²) in [4.78, 5) is 25.7. The van der Waals surface area contributed by atoms with Gasteiger partial charge in [-0.15, -0.1) is 0 Å². The number of nitrogens with zero attached hydrogens (tertiary/aromatic N) is 2. The summed E-state index contributed by atoms with van der Waals surface area (Å²) >= 11 is 0. The summed E-state index contributed by atoms with van der Waals surface area (Å²) in [5.41, 5.74) is 1.14. The van der Waals surface area contributed by atoms with E-state index in [2.05, 4.69) is 0 Å². The maximum atomic E-state index is 11.9. The van der Waals surface area contributed by atoms with Crippen molar-refractivity contribution in [3.63, 3.8) is 0 Å². The molecule has 2 aliphatic heterocycles. The third-order valence-electron chi connectivity index (χ3n) is 4.10. The summed E-state index contributed by atoms with van der Waals surface area (Å²) < 4.78 is 6.79. The van der Waals surface area contributed by atoms with Gasteiger partial charge >= 0.3 is 0 Å². The van der Waals surface area contributed by atoms with Crippen LogP contribution in [0, 0.1) is 5.92 Å². The number of pyridine rings is 1. The molecule has 0 unspecified atom stereocenters. The molecule has 3 rings (SSSR count). The van der Waals surface area contributed by atoms with Crippen LogP contribution in [0.15, 0.2) is 23.0 Å². The van der Waals surface area contributed by atoms with E-state index in [1.54, 1.807) is 6.07 Å². The van der Waals surface area contributed by atoms with Crippen LogP contribution in [0.5, 0.6) is 0 Å². The number of piperidine rings is 1. The summed E-state index contributed by atoms with van der Waals surface area (Å²) in [5, 5.41) is 0. The first-order chi connectivity index (χ1) is 9.19. The van der Waals surface area contributed by atoms with E-state index in [1.807, 2.05) is 21.6 Å². The molecule has 0 N–H and O–H groups in total. The summed E-state index contributed by atoms with van der Waals surface area (Å²) in [7, 11) is 1.54. The molecule has 0 aromatic carbocycles. The maximum absolute atomic E-state index is 11.9. The fourth-order valence-electron chi connectivity index (χ4n) is 3.31. The lowest BCUT2D eigenvalue weighted by Gasteiger charge is -2.42. The number of fused-ring (bicyclic) bond motifs is 4. The minimum atomic E-state index is 0.0453. The number of carbonyl (C=O) groups excluding carboxylic acids is 1. The number of amides is 1. The number of carbonyl (C=O) groups is 1. The number of rotatable bonds is 2. The Hall–Kier alpha value is -1.62. The number of likely N-dealkylation sites (tertiary alicyclic amines) is 1. The molecular weight excluding hydrogens is 244 g/mol. The largest absolute Gasteiger partial charge is 0.375 e. The molecule has 0 aliphatic carbocycles. The Morgan fingerprint density at radius 3 is 3.00 bits per heavy atom. The van der Waals surface area contributed by atoms with E-state index >= 15 is 0 Å². The number of methoxy groups -OCH3 is 1. The lowest BCUT2D eigenvalue weighted by atomic mass is 9.83. The molecule has 1 saturated heterocycles. The van der Waals surface area contributed by atoms with E-state index in [4.69, 9.17) is 4.74 Å².